The number of anilines is 2. The van der Waals surface area contributed by atoms with Gasteiger partial charge in [0.05, 0.1) is 29.6 Å². The van der Waals surface area contributed by atoms with Crippen LogP contribution in [0.25, 0.3) is 0 Å². The zero-order chi connectivity index (χ0) is 17.0. The van der Waals surface area contributed by atoms with Crippen molar-refractivity contribution in [3.8, 4) is 0 Å². The van der Waals surface area contributed by atoms with Crippen LogP contribution in [-0.2, 0) is 6.18 Å². The lowest BCUT2D eigenvalue weighted by Gasteiger charge is -2.18. The fourth-order valence-corrected chi connectivity index (χ4v) is 1.51. The summed E-state index contributed by atoms with van der Waals surface area (Å²) in [4.78, 5) is 0. The van der Waals surface area contributed by atoms with Crippen LogP contribution in [0.5, 0.6) is 0 Å². The van der Waals surface area contributed by atoms with Gasteiger partial charge in [0.15, 0.2) is 0 Å². The highest BCUT2D eigenvalue weighted by molar-refractivity contribution is 5.70. The van der Waals surface area contributed by atoms with Gasteiger partial charge >= 0.3 is 12.4 Å². The predicted octanol–water partition coefficient (Wildman–Crippen LogP) is 2.44. The van der Waals surface area contributed by atoms with Crippen molar-refractivity contribution in [3.63, 3.8) is 0 Å². The normalized spacial score (nSPS) is 13.8. The van der Waals surface area contributed by atoms with Gasteiger partial charge in [-0.15, -0.1) is 0 Å². The summed E-state index contributed by atoms with van der Waals surface area (Å²) in [6.07, 6.45) is -10.5. The van der Waals surface area contributed by atoms with Gasteiger partial charge in [-0.3, -0.25) is 0 Å². The maximum Gasteiger partial charge on any atom is 0.416 e. The van der Waals surface area contributed by atoms with Crippen LogP contribution >= 0.6 is 0 Å². The molecule has 0 radical (unpaired) electrons. The molecule has 0 spiro atoms. The predicted molar refractivity (Wildman–Crippen MR) is 67.6 cm³/mol. The van der Waals surface area contributed by atoms with E-state index in [9.17, 15) is 26.3 Å². The van der Waals surface area contributed by atoms with Crippen molar-refractivity contribution in [1.82, 2.24) is 0 Å². The van der Waals surface area contributed by atoms with Crippen LogP contribution < -0.4 is 10.6 Å². The Morgan fingerprint density at radius 1 is 1.00 bits per heavy atom. The van der Waals surface area contributed by atoms with E-state index in [0.717, 1.165) is 6.07 Å². The Morgan fingerprint density at radius 3 is 2.14 bits per heavy atom. The Balaban J connectivity index is 2.98. The minimum atomic E-state index is -4.66. The van der Waals surface area contributed by atoms with E-state index in [1.54, 1.807) is 0 Å². The topological polar surface area (TPSA) is 64.5 Å². The van der Waals surface area contributed by atoms with Gasteiger partial charge in [-0.05, 0) is 18.2 Å². The van der Waals surface area contributed by atoms with Crippen LogP contribution in [0.2, 0.25) is 0 Å². The molecule has 1 aromatic rings. The average molecular weight is 332 g/mol. The second-order valence-electron chi connectivity index (χ2n) is 4.44. The molecule has 0 heterocycles. The van der Waals surface area contributed by atoms with E-state index in [4.69, 9.17) is 10.2 Å². The van der Waals surface area contributed by atoms with Gasteiger partial charge in [0.1, 0.15) is 6.54 Å². The Labute approximate surface area is 121 Å². The number of rotatable bonds is 6. The highest BCUT2D eigenvalue weighted by atomic mass is 19.4. The van der Waals surface area contributed by atoms with Gasteiger partial charge < -0.3 is 20.8 Å². The van der Waals surface area contributed by atoms with E-state index >= 15 is 0 Å². The van der Waals surface area contributed by atoms with Crippen LogP contribution in [0.15, 0.2) is 18.2 Å². The minimum Gasteiger partial charge on any atom is -0.394 e. The summed E-state index contributed by atoms with van der Waals surface area (Å²) in [5.41, 5.74) is -1.51. The molecule has 4 N–H and O–H groups in total. The van der Waals surface area contributed by atoms with Crippen molar-refractivity contribution in [2.45, 2.75) is 18.5 Å². The lowest BCUT2D eigenvalue weighted by molar-refractivity contribution is -0.137. The number of nitrogens with one attached hydrogen (secondary N) is 2. The highest BCUT2D eigenvalue weighted by Gasteiger charge is 2.32. The molecule has 126 valence electrons. The molecule has 0 fully saturated rings. The zero-order valence-corrected chi connectivity index (χ0v) is 11.1. The summed E-state index contributed by atoms with van der Waals surface area (Å²) < 4.78 is 74.4. The molecule has 1 rings (SSSR count). The third kappa shape index (κ3) is 5.98. The molecule has 0 aliphatic rings. The Kier molecular flexibility index (Phi) is 5.89. The zero-order valence-electron chi connectivity index (χ0n) is 11.1. The van der Waals surface area contributed by atoms with E-state index in [0.29, 0.717) is 12.1 Å². The molecule has 0 amide bonds. The first-order chi connectivity index (χ1) is 10.0. The molecule has 4 nitrogen and oxygen atoms in total. The fourth-order valence-electron chi connectivity index (χ4n) is 1.51. The van der Waals surface area contributed by atoms with Crippen molar-refractivity contribution in [1.29, 1.82) is 0 Å². The standard InChI is InChI=1S/C12H14F6N2O2/c13-11(14,15)6-20-9-2-1-7(12(16,17)18)3-10(9)19-4-8(22)5-21/h1-3,8,19-22H,4-6H2. The summed E-state index contributed by atoms with van der Waals surface area (Å²) in [6.45, 7) is -2.38. The van der Waals surface area contributed by atoms with Crippen LogP contribution in [0.1, 0.15) is 5.56 Å². The Bertz CT molecular complexity index is 489. The van der Waals surface area contributed by atoms with Gasteiger partial charge in [0.25, 0.3) is 0 Å². The van der Waals surface area contributed by atoms with E-state index in [-0.39, 0.29) is 17.9 Å². The quantitative estimate of drug-likeness (QED) is 0.604. The van der Waals surface area contributed by atoms with Gasteiger partial charge in [0, 0.05) is 6.54 Å². The molecule has 0 aliphatic carbocycles. The van der Waals surface area contributed by atoms with Gasteiger partial charge in [-0.1, -0.05) is 0 Å². The van der Waals surface area contributed by atoms with E-state index in [2.05, 4.69) is 5.32 Å². The SMILES string of the molecule is OCC(O)CNc1cc(C(F)(F)F)ccc1NCC(F)(F)F. The number of aliphatic hydroxyl groups excluding tert-OH is 2. The number of aliphatic hydroxyl groups is 2. The Hall–Kier alpha value is -1.68. The first-order valence-corrected chi connectivity index (χ1v) is 6.07. The molecule has 10 heteroatoms. The molecular weight excluding hydrogens is 318 g/mol. The van der Waals surface area contributed by atoms with Gasteiger partial charge in [-0.25, -0.2) is 0 Å². The monoisotopic (exact) mass is 332 g/mol. The number of hydrogen-bond acceptors (Lipinski definition) is 4. The van der Waals surface area contributed by atoms with E-state index in [1.807, 2.05) is 5.32 Å². The molecule has 0 aliphatic heterocycles. The fraction of sp³-hybridized carbons (Fsp3) is 0.500. The van der Waals surface area contributed by atoms with Crippen molar-refractivity contribution >= 4 is 11.4 Å². The number of hydrogen-bond donors (Lipinski definition) is 4. The maximum atomic E-state index is 12.6. The molecular formula is C12H14F6N2O2. The second-order valence-corrected chi connectivity index (χ2v) is 4.44. The van der Waals surface area contributed by atoms with Gasteiger partial charge in [0.2, 0.25) is 0 Å². The largest absolute Gasteiger partial charge is 0.416 e. The first-order valence-electron chi connectivity index (χ1n) is 6.07. The second kappa shape index (κ2) is 7.05. The maximum absolute atomic E-state index is 12.6. The van der Waals surface area contributed by atoms with Gasteiger partial charge in [-0.2, -0.15) is 26.3 Å². The van der Waals surface area contributed by atoms with E-state index in [1.165, 1.54) is 0 Å². The van der Waals surface area contributed by atoms with Crippen molar-refractivity contribution in [3.05, 3.63) is 23.8 Å². The first kappa shape index (κ1) is 18.4. The minimum absolute atomic E-state index is 0.199. The summed E-state index contributed by atoms with van der Waals surface area (Å²) in [6, 6.07) is 2.14. The molecule has 0 saturated carbocycles. The van der Waals surface area contributed by atoms with Crippen LogP contribution in [0.3, 0.4) is 0 Å². The molecule has 1 atom stereocenters. The lowest BCUT2D eigenvalue weighted by atomic mass is 10.1. The molecule has 0 saturated heterocycles. The lowest BCUT2D eigenvalue weighted by Crippen LogP contribution is -2.25. The summed E-state index contributed by atoms with van der Waals surface area (Å²) in [7, 11) is 0. The molecule has 0 bridgehead atoms. The highest BCUT2D eigenvalue weighted by Crippen LogP contribution is 2.34. The number of halogens is 6. The van der Waals surface area contributed by atoms with Crippen molar-refractivity contribution in [2.24, 2.45) is 0 Å². The summed E-state index contributed by atoms with van der Waals surface area (Å²) >= 11 is 0. The van der Waals surface area contributed by atoms with Crippen LogP contribution in [0.4, 0.5) is 37.7 Å². The summed E-state index contributed by atoms with van der Waals surface area (Å²) in [5, 5.41) is 22.2. The average Bonchev–Trinajstić information content (AvgIpc) is 2.40. The number of benzene rings is 1. The van der Waals surface area contributed by atoms with Crippen molar-refractivity contribution < 1.29 is 36.6 Å². The molecule has 1 unspecified atom stereocenters. The molecule has 0 aromatic heterocycles. The Morgan fingerprint density at radius 2 is 1.64 bits per heavy atom. The van der Waals surface area contributed by atoms with E-state index < -0.39 is 37.2 Å². The van der Waals surface area contributed by atoms with Crippen molar-refractivity contribution in [2.75, 3.05) is 30.3 Å². The smallest absolute Gasteiger partial charge is 0.394 e. The molecule has 1 aromatic carbocycles. The van der Waals surface area contributed by atoms with Crippen LogP contribution in [-0.4, -0.2) is 42.2 Å². The third-order valence-corrected chi connectivity index (χ3v) is 2.57. The van der Waals surface area contributed by atoms with Crippen LogP contribution in [0, 0.1) is 0 Å². The summed E-state index contributed by atoms with van der Waals surface area (Å²) in [5.74, 6) is 0. The molecule has 22 heavy (non-hydrogen) atoms. The third-order valence-electron chi connectivity index (χ3n) is 2.57. The number of alkyl halides is 6.